The number of hydrogen-bond acceptors (Lipinski definition) is 6. The molecule has 2 fully saturated rings. The van der Waals surface area contributed by atoms with Crippen LogP contribution in [-0.2, 0) is 19.7 Å². The highest BCUT2D eigenvalue weighted by molar-refractivity contribution is 7.99. The lowest BCUT2D eigenvalue weighted by molar-refractivity contribution is -0.141. The van der Waals surface area contributed by atoms with E-state index in [-0.39, 0.29) is 17.9 Å². The van der Waals surface area contributed by atoms with E-state index in [4.69, 9.17) is 4.74 Å². The number of rotatable bonds is 9. The summed E-state index contributed by atoms with van der Waals surface area (Å²) in [5.74, 6) is 0.511. The summed E-state index contributed by atoms with van der Waals surface area (Å²) in [6.45, 7) is 8.57. The lowest BCUT2D eigenvalue weighted by Gasteiger charge is -2.35. The van der Waals surface area contributed by atoms with E-state index in [9.17, 15) is 27.6 Å². The zero-order chi connectivity index (χ0) is 34.0. The molecule has 0 aromatic heterocycles. The summed E-state index contributed by atoms with van der Waals surface area (Å²) in [6, 6.07) is 7.14. The van der Waals surface area contributed by atoms with Crippen LogP contribution in [0.25, 0.3) is 5.57 Å². The second-order valence-corrected chi connectivity index (χ2v) is 15.2. The Morgan fingerprint density at radius 3 is 2.51 bits per heavy atom. The molecule has 1 aromatic carbocycles. The minimum absolute atomic E-state index is 0.0197. The molecule has 0 radical (unpaired) electrons. The van der Waals surface area contributed by atoms with Crippen LogP contribution in [0.5, 0.6) is 0 Å². The van der Waals surface area contributed by atoms with Crippen LogP contribution in [0.4, 0.5) is 18.0 Å². The molecule has 2 heterocycles. The first kappa shape index (κ1) is 35.3. The number of ether oxygens (including phenoxy) is 1. The molecule has 5 rings (SSSR count). The van der Waals surface area contributed by atoms with Crippen molar-refractivity contribution in [3.8, 4) is 0 Å². The predicted molar refractivity (Wildman–Crippen MR) is 178 cm³/mol. The van der Waals surface area contributed by atoms with E-state index in [0.717, 1.165) is 67.6 Å². The first-order chi connectivity index (χ1) is 22.2. The van der Waals surface area contributed by atoms with Crippen LogP contribution in [0, 0.1) is 5.92 Å². The SMILES string of the molecule is CC1C=CC2=C(C1)c1ccccc1C2(CCCCN1CCC(NC(=O)[C@@H]2CSCN2C(=O)OC(C)(C)C)CC1)C(=O)NCC(F)(F)F. The Hall–Kier alpha value is -2.99. The molecular formula is C35H47F3N4O4S. The van der Waals surface area contributed by atoms with Crippen molar-refractivity contribution in [2.75, 3.05) is 37.8 Å². The highest BCUT2D eigenvalue weighted by atomic mass is 32.2. The maximum Gasteiger partial charge on any atom is 0.411 e. The van der Waals surface area contributed by atoms with Crippen molar-refractivity contribution < 1.29 is 32.3 Å². The Kier molecular flexibility index (Phi) is 10.7. The van der Waals surface area contributed by atoms with Gasteiger partial charge in [0.15, 0.2) is 0 Å². The van der Waals surface area contributed by atoms with Crippen molar-refractivity contribution >= 4 is 35.2 Å². The molecular weight excluding hydrogens is 629 g/mol. The Morgan fingerprint density at radius 1 is 1.09 bits per heavy atom. The molecule has 0 saturated carbocycles. The van der Waals surface area contributed by atoms with Crippen LogP contribution in [0.2, 0.25) is 0 Å². The molecule has 8 nitrogen and oxygen atoms in total. The van der Waals surface area contributed by atoms with Gasteiger partial charge in [-0.25, -0.2) is 4.79 Å². The number of allylic oxidation sites excluding steroid dienone is 3. The fraction of sp³-hybridized carbons (Fsp3) is 0.629. The van der Waals surface area contributed by atoms with Crippen LogP contribution >= 0.6 is 11.8 Å². The van der Waals surface area contributed by atoms with Gasteiger partial charge in [0.25, 0.3) is 0 Å². The number of nitrogens with one attached hydrogen (secondary N) is 2. The Labute approximate surface area is 279 Å². The maximum atomic E-state index is 13.8. The highest BCUT2D eigenvalue weighted by Crippen LogP contribution is 2.53. The van der Waals surface area contributed by atoms with Crippen molar-refractivity contribution in [2.24, 2.45) is 5.92 Å². The number of carbonyl (C=O) groups excluding carboxylic acids is 3. The Bertz CT molecular complexity index is 1400. The molecule has 3 atom stereocenters. The average molecular weight is 677 g/mol. The maximum absolute atomic E-state index is 13.8. The van der Waals surface area contributed by atoms with Crippen LogP contribution in [-0.4, -0.2) is 89.4 Å². The van der Waals surface area contributed by atoms with Gasteiger partial charge in [-0.05, 0) is 87.6 Å². The molecule has 1 aromatic rings. The summed E-state index contributed by atoms with van der Waals surface area (Å²) in [5.41, 5.74) is 1.87. The Morgan fingerprint density at radius 2 is 1.81 bits per heavy atom. The van der Waals surface area contributed by atoms with Gasteiger partial charge < -0.3 is 20.3 Å². The van der Waals surface area contributed by atoms with Crippen molar-refractivity contribution in [1.29, 1.82) is 0 Å². The van der Waals surface area contributed by atoms with Crippen molar-refractivity contribution in [3.05, 3.63) is 53.1 Å². The molecule has 0 bridgehead atoms. The van der Waals surface area contributed by atoms with Crippen LogP contribution in [0.1, 0.15) is 77.3 Å². The summed E-state index contributed by atoms with van der Waals surface area (Å²) < 4.78 is 45.1. The molecule has 2 saturated heterocycles. The van der Waals surface area contributed by atoms with Gasteiger partial charge in [0.1, 0.15) is 18.2 Å². The van der Waals surface area contributed by atoms with Gasteiger partial charge in [0.2, 0.25) is 11.8 Å². The number of fused-ring (bicyclic) bond motifs is 2. The lowest BCUT2D eigenvalue weighted by atomic mass is 9.71. The van der Waals surface area contributed by atoms with Gasteiger partial charge in [0, 0.05) is 24.9 Å². The topological polar surface area (TPSA) is 91.0 Å². The van der Waals surface area contributed by atoms with E-state index in [2.05, 4.69) is 28.5 Å². The monoisotopic (exact) mass is 676 g/mol. The number of unbranched alkanes of at least 4 members (excludes halogenated alkanes) is 1. The summed E-state index contributed by atoms with van der Waals surface area (Å²) in [5, 5.41) is 5.38. The summed E-state index contributed by atoms with van der Waals surface area (Å²) in [6.07, 6.45) is 3.26. The van der Waals surface area contributed by atoms with Gasteiger partial charge in [-0.1, -0.05) is 49.8 Å². The molecule has 2 N–H and O–H groups in total. The van der Waals surface area contributed by atoms with E-state index < -0.39 is 41.8 Å². The molecule has 3 amide bonds. The molecule has 12 heteroatoms. The van der Waals surface area contributed by atoms with Gasteiger partial charge in [-0.2, -0.15) is 13.2 Å². The van der Waals surface area contributed by atoms with Gasteiger partial charge in [-0.15, -0.1) is 11.8 Å². The average Bonchev–Trinajstić information content (AvgIpc) is 3.60. The third-order valence-electron chi connectivity index (χ3n) is 9.47. The van der Waals surface area contributed by atoms with E-state index in [1.54, 1.807) is 20.8 Å². The molecule has 2 aliphatic carbocycles. The summed E-state index contributed by atoms with van der Waals surface area (Å²) >= 11 is 1.54. The molecule has 258 valence electrons. The number of likely N-dealkylation sites (tertiary alicyclic amines) is 1. The number of amides is 3. The smallest absolute Gasteiger partial charge is 0.411 e. The number of hydrogen-bond donors (Lipinski definition) is 2. The van der Waals surface area contributed by atoms with Crippen LogP contribution in [0.15, 0.2) is 42.0 Å². The molecule has 0 spiro atoms. The summed E-state index contributed by atoms with van der Waals surface area (Å²) in [4.78, 5) is 43.4. The molecule has 47 heavy (non-hydrogen) atoms. The zero-order valence-corrected chi connectivity index (χ0v) is 28.6. The fourth-order valence-corrected chi connectivity index (χ4v) is 8.36. The van der Waals surface area contributed by atoms with Gasteiger partial charge >= 0.3 is 12.3 Å². The predicted octanol–water partition coefficient (Wildman–Crippen LogP) is 6.03. The minimum atomic E-state index is -4.50. The number of thioether (sulfide) groups is 1. The molecule has 2 unspecified atom stereocenters. The highest BCUT2D eigenvalue weighted by Gasteiger charge is 2.50. The molecule has 4 aliphatic rings. The number of benzene rings is 1. The lowest BCUT2D eigenvalue weighted by Crippen LogP contribution is -2.53. The van der Waals surface area contributed by atoms with Crippen molar-refractivity contribution in [3.63, 3.8) is 0 Å². The largest absolute Gasteiger partial charge is 0.444 e. The second kappa shape index (κ2) is 14.2. The fourth-order valence-electron chi connectivity index (χ4n) is 7.22. The Balaban J connectivity index is 1.16. The first-order valence-electron chi connectivity index (χ1n) is 16.6. The zero-order valence-electron chi connectivity index (χ0n) is 27.8. The summed E-state index contributed by atoms with van der Waals surface area (Å²) in [7, 11) is 0. The quantitative estimate of drug-likeness (QED) is 0.311. The van der Waals surface area contributed by atoms with E-state index >= 15 is 0 Å². The van der Waals surface area contributed by atoms with Crippen molar-refractivity contribution in [1.82, 2.24) is 20.4 Å². The van der Waals surface area contributed by atoms with Crippen LogP contribution < -0.4 is 10.6 Å². The minimum Gasteiger partial charge on any atom is -0.444 e. The van der Waals surface area contributed by atoms with Crippen LogP contribution in [0.3, 0.4) is 0 Å². The number of nitrogens with zero attached hydrogens (tertiary/aromatic N) is 2. The standard InChI is InChI=1S/C35H47F3N4O4S/c1-23-11-12-28-26(19-23)25-9-5-6-10-27(25)34(28,31(44)39-21-35(36,37)38)15-7-8-16-41-17-13-24(14-18-41)40-30(43)29-20-47-22-42(29)32(45)46-33(2,3)4/h5-6,9-12,23-24,29H,7-8,13-22H2,1-4H3,(H,39,44)(H,40,43)/t23?,29-,34?/m0/s1. The van der Waals surface area contributed by atoms with E-state index in [0.29, 0.717) is 24.5 Å². The van der Waals surface area contributed by atoms with Crippen molar-refractivity contribution in [2.45, 2.75) is 95.5 Å². The number of carbonyl (C=O) groups is 3. The van der Waals surface area contributed by atoms with E-state index in [1.807, 2.05) is 30.3 Å². The van der Waals surface area contributed by atoms with Gasteiger partial charge in [0.05, 0.1) is 11.3 Å². The van der Waals surface area contributed by atoms with E-state index in [1.165, 1.54) is 16.7 Å². The number of alkyl halides is 3. The number of halogens is 3. The number of piperidine rings is 1. The van der Waals surface area contributed by atoms with Gasteiger partial charge in [-0.3, -0.25) is 14.5 Å². The third-order valence-corrected chi connectivity index (χ3v) is 10.5. The first-order valence-corrected chi connectivity index (χ1v) is 17.8. The second-order valence-electron chi connectivity index (χ2n) is 14.2. The molecule has 2 aliphatic heterocycles. The third kappa shape index (κ3) is 8.18. The normalized spacial score (nSPS) is 25.0.